The zero-order chi connectivity index (χ0) is 30.4. The van der Waals surface area contributed by atoms with E-state index in [1.165, 1.54) is 62.7 Å². The molecule has 1 saturated carbocycles. The summed E-state index contributed by atoms with van der Waals surface area (Å²) in [6, 6.07) is 45.4. The molecule has 2 aliphatic rings. The zero-order valence-electron chi connectivity index (χ0n) is 24.9. The second-order valence-electron chi connectivity index (χ2n) is 12.5. The van der Waals surface area contributed by atoms with Crippen LogP contribution in [0.5, 0.6) is 0 Å². The number of nitrogens with zero attached hydrogens (tertiary/aromatic N) is 3. The fraction of sp³-hybridized carbons (Fsp3) is 0.0714. The van der Waals surface area contributed by atoms with Crippen LogP contribution in [0.25, 0.3) is 72.7 Å². The Morgan fingerprint density at radius 3 is 2.11 bits per heavy atom. The van der Waals surface area contributed by atoms with Crippen LogP contribution in [-0.4, -0.2) is 14.1 Å². The SMILES string of the molecule is Fc1ccc(-c2ccc(-c3cccc(-n4c5ccccc5c5ccc6c7c(n(-c8ccccc8)c6c54)C=CC4CC74)n3)cc2)cc1. The molecule has 3 aromatic heterocycles. The lowest BCUT2D eigenvalue weighted by Crippen LogP contribution is -2.02. The van der Waals surface area contributed by atoms with E-state index in [0.29, 0.717) is 11.8 Å². The molecule has 0 spiro atoms. The maximum Gasteiger partial charge on any atom is 0.138 e. The van der Waals surface area contributed by atoms with Gasteiger partial charge in [-0.25, -0.2) is 9.37 Å². The Bertz CT molecular complexity index is 2500. The Morgan fingerprint density at radius 2 is 1.28 bits per heavy atom. The van der Waals surface area contributed by atoms with E-state index in [-0.39, 0.29) is 5.82 Å². The molecule has 0 radical (unpaired) electrons. The van der Waals surface area contributed by atoms with Crippen molar-refractivity contribution in [1.29, 1.82) is 0 Å². The smallest absolute Gasteiger partial charge is 0.138 e. The largest absolute Gasteiger partial charge is 0.308 e. The first-order valence-electron chi connectivity index (χ1n) is 15.9. The number of pyridine rings is 1. The molecule has 2 aliphatic carbocycles. The molecule has 0 saturated heterocycles. The van der Waals surface area contributed by atoms with Gasteiger partial charge in [0.1, 0.15) is 11.6 Å². The van der Waals surface area contributed by atoms with Crippen molar-refractivity contribution in [1.82, 2.24) is 14.1 Å². The van der Waals surface area contributed by atoms with Gasteiger partial charge in [0.15, 0.2) is 0 Å². The van der Waals surface area contributed by atoms with Crippen molar-refractivity contribution in [3.05, 3.63) is 157 Å². The van der Waals surface area contributed by atoms with Crippen LogP contribution in [0.2, 0.25) is 0 Å². The summed E-state index contributed by atoms with van der Waals surface area (Å²) in [5.74, 6) is 1.89. The zero-order valence-corrected chi connectivity index (χ0v) is 24.9. The summed E-state index contributed by atoms with van der Waals surface area (Å²) in [5.41, 5.74) is 11.5. The van der Waals surface area contributed by atoms with Crippen molar-refractivity contribution in [2.75, 3.05) is 0 Å². The maximum absolute atomic E-state index is 13.5. The van der Waals surface area contributed by atoms with Gasteiger partial charge in [-0.1, -0.05) is 97.1 Å². The molecule has 2 unspecified atom stereocenters. The molecule has 0 N–H and O–H groups in total. The van der Waals surface area contributed by atoms with E-state index in [2.05, 4.69) is 130 Å². The normalized spacial score (nSPS) is 16.6. The number of para-hydroxylation sites is 2. The van der Waals surface area contributed by atoms with Gasteiger partial charge in [-0.2, -0.15) is 0 Å². The number of rotatable bonds is 4. The van der Waals surface area contributed by atoms with E-state index < -0.39 is 0 Å². The van der Waals surface area contributed by atoms with Gasteiger partial charge in [0.25, 0.3) is 0 Å². The highest BCUT2D eigenvalue weighted by atomic mass is 19.1. The first-order chi connectivity index (χ1) is 22.7. The molecule has 218 valence electrons. The fourth-order valence-electron chi connectivity index (χ4n) is 7.66. The second kappa shape index (κ2) is 9.63. The van der Waals surface area contributed by atoms with Gasteiger partial charge in [0, 0.05) is 27.4 Å². The first-order valence-corrected chi connectivity index (χ1v) is 15.9. The van der Waals surface area contributed by atoms with Gasteiger partial charge in [0.05, 0.1) is 27.9 Å². The molecular weight excluding hydrogens is 565 g/mol. The Balaban J connectivity index is 1.22. The molecule has 0 bridgehead atoms. The molecule has 3 nitrogen and oxygen atoms in total. The maximum atomic E-state index is 13.5. The molecule has 8 aromatic rings. The van der Waals surface area contributed by atoms with Gasteiger partial charge in [-0.3, -0.25) is 4.57 Å². The summed E-state index contributed by atoms with van der Waals surface area (Å²) in [7, 11) is 0. The van der Waals surface area contributed by atoms with Crippen molar-refractivity contribution < 1.29 is 4.39 Å². The molecule has 4 heteroatoms. The summed E-state index contributed by atoms with van der Waals surface area (Å²) in [5, 5.41) is 3.77. The Hall–Kier alpha value is -5.74. The molecular formula is C42H28FN3. The van der Waals surface area contributed by atoms with E-state index in [4.69, 9.17) is 4.98 Å². The number of halogens is 1. The summed E-state index contributed by atoms with van der Waals surface area (Å²) in [4.78, 5) is 5.30. The number of hydrogen-bond acceptors (Lipinski definition) is 1. The molecule has 10 rings (SSSR count). The van der Waals surface area contributed by atoms with E-state index >= 15 is 0 Å². The van der Waals surface area contributed by atoms with Crippen molar-refractivity contribution in [2.45, 2.75) is 12.3 Å². The summed E-state index contributed by atoms with van der Waals surface area (Å²) >= 11 is 0. The summed E-state index contributed by atoms with van der Waals surface area (Å²) in [6.45, 7) is 0. The van der Waals surface area contributed by atoms with Crippen LogP contribution >= 0.6 is 0 Å². The molecule has 1 fully saturated rings. The average Bonchev–Trinajstić information content (AvgIpc) is 3.72. The van der Waals surface area contributed by atoms with Crippen LogP contribution in [0, 0.1) is 11.7 Å². The fourth-order valence-corrected chi connectivity index (χ4v) is 7.66. The molecule has 5 aromatic carbocycles. The van der Waals surface area contributed by atoms with Gasteiger partial charge < -0.3 is 4.57 Å². The summed E-state index contributed by atoms with van der Waals surface area (Å²) < 4.78 is 18.3. The van der Waals surface area contributed by atoms with Crippen LogP contribution in [0.3, 0.4) is 0 Å². The number of fused-ring (bicyclic) bond motifs is 9. The third-order valence-corrected chi connectivity index (χ3v) is 9.89. The van der Waals surface area contributed by atoms with E-state index in [1.807, 2.05) is 12.1 Å². The number of aromatic nitrogens is 3. The minimum atomic E-state index is -0.229. The lowest BCUT2D eigenvalue weighted by atomic mass is 9.99. The van der Waals surface area contributed by atoms with Crippen LogP contribution in [0.4, 0.5) is 4.39 Å². The number of benzene rings is 5. The molecule has 0 amide bonds. The molecule has 2 atom stereocenters. The highest BCUT2D eigenvalue weighted by Gasteiger charge is 2.43. The van der Waals surface area contributed by atoms with Gasteiger partial charge in [0.2, 0.25) is 0 Å². The van der Waals surface area contributed by atoms with Crippen molar-refractivity contribution >= 4 is 38.8 Å². The lowest BCUT2D eigenvalue weighted by Gasteiger charge is -2.14. The van der Waals surface area contributed by atoms with Crippen LogP contribution in [0.15, 0.2) is 140 Å². The lowest BCUT2D eigenvalue weighted by molar-refractivity contribution is 0.628. The van der Waals surface area contributed by atoms with Crippen molar-refractivity contribution in [2.24, 2.45) is 5.92 Å². The Kier molecular flexibility index (Phi) is 5.35. The highest BCUT2D eigenvalue weighted by molar-refractivity contribution is 6.19. The highest BCUT2D eigenvalue weighted by Crippen LogP contribution is 2.56. The topological polar surface area (TPSA) is 22.8 Å². The van der Waals surface area contributed by atoms with E-state index in [0.717, 1.165) is 33.7 Å². The Labute approximate surface area is 265 Å². The predicted molar refractivity (Wildman–Crippen MR) is 186 cm³/mol. The molecule has 3 heterocycles. The quantitative estimate of drug-likeness (QED) is 0.199. The molecule has 0 aliphatic heterocycles. The second-order valence-corrected chi connectivity index (χ2v) is 12.5. The minimum Gasteiger partial charge on any atom is -0.308 e. The first kappa shape index (κ1) is 25.6. The standard InChI is InChI=1S/C42H28FN3/c43-30-20-17-27(18-21-30)26-13-15-28(16-14-26)36-10-6-12-39(44-36)46-37-11-5-4-9-32(37)33-22-23-34-40-35-25-29(35)19-24-38(40)45(42(34)41(33)46)31-7-2-1-3-8-31/h1-24,29,35H,25H2. The third kappa shape index (κ3) is 3.73. The van der Waals surface area contributed by atoms with E-state index in [1.54, 1.807) is 0 Å². The Morgan fingerprint density at radius 1 is 0.587 bits per heavy atom. The van der Waals surface area contributed by atoms with Crippen LogP contribution < -0.4 is 0 Å². The number of hydrogen-bond donors (Lipinski definition) is 0. The van der Waals surface area contributed by atoms with Gasteiger partial charge in [-0.15, -0.1) is 0 Å². The monoisotopic (exact) mass is 593 g/mol. The predicted octanol–water partition coefficient (Wildman–Crippen LogP) is 10.7. The molecule has 46 heavy (non-hydrogen) atoms. The third-order valence-electron chi connectivity index (χ3n) is 9.89. The van der Waals surface area contributed by atoms with Gasteiger partial charge >= 0.3 is 0 Å². The summed E-state index contributed by atoms with van der Waals surface area (Å²) in [6.07, 6.45) is 5.98. The van der Waals surface area contributed by atoms with E-state index in [9.17, 15) is 4.39 Å². The van der Waals surface area contributed by atoms with Gasteiger partial charge in [-0.05, 0) is 83.5 Å². The number of allylic oxidation sites excluding steroid dienone is 1. The van der Waals surface area contributed by atoms with Crippen molar-refractivity contribution in [3.8, 4) is 33.9 Å². The van der Waals surface area contributed by atoms with Crippen LogP contribution in [-0.2, 0) is 0 Å². The minimum absolute atomic E-state index is 0.229. The van der Waals surface area contributed by atoms with Crippen LogP contribution in [0.1, 0.15) is 23.6 Å². The van der Waals surface area contributed by atoms with Crippen molar-refractivity contribution in [3.63, 3.8) is 0 Å². The average molecular weight is 594 g/mol.